The van der Waals surface area contributed by atoms with Gasteiger partial charge in [0.05, 0.1) is 6.54 Å². The maximum Gasteiger partial charge on any atom is 0.289 e. The maximum atomic E-state index is 12.7. The van der Waals surface area contributed by atoms with Gasteiger partial charge in [0.15, 0.2) is 5.76 Å². The van der Waals surface area contributed by atoms with Crippen LogP contribution in [-0.2, 0) is 19.5 Å². The average molecular weight is 380 g/mol. The third kappa shape index (κ3) is 3.38. The largest absolute Gasteiger partial charge is 0.456 e. The summed E-state index contributed by atoms with van der Waals surface area (Å²) in [5, 5.41) is 12.1. The van der Waals surface area contributed by atoms with Crippen molar-refractivity contribution in [3.8, 4) is 0 Å². The van der Waals surface area contributed by atoms with E-state index in [2.05, 4.69) is 20.1 Å². The lowest BCUT2D eigenvalue weighted by Crippen LogP contribution is -2.38. The van der Waals surface area contributed by atoms with E-state index >= 15 is 0 Å². The Balaban J connectivity index is 0.00000196. The molecule has 0 bridgehead atoms. The van der Waals surface area contributed by atoms with Gasteiger partial charge in [0.2, 0.25) is 0 Å². The van der Waals surface area contributed by atoms with Crippen LogP contribution in [0.3, 0.4) is 0 Å². The molecule has 1 fully saturated rings. The predicted molar refractivity (Wildman–Crippen MR) is 99.7 cm³/mol. The van der Waals surface area contributed by atoms with Crippen molar-refractivity contribution in [3.05, 3.63) is 34.8 Å². The quantitative estimate of drug-likeness (QED) is 0.885. The van der Waals surface area contributed by atoms with Crippen LogP contribution in [0.1, 0.15) is 59.2 Å². The fraction of sp³-hybridized carbons (Fsp3) is 0.611. The van der Waals surface area contributed by atoms with Gasteiger partial charge in [0.25, 0.3) is 5.91 Å². The first kappa shape index (κ1) is 18.9. The van der Waals surface area contributed by atoms with E-state index in [1.54, 1.807) is 0 Å². The zero-order valence-electron chi connectivity index (χ0n) is 15.3. The van der Waals surface area contributed by atoms with Gasteiger partial charge in [0.1, 0.15) is 17.4 Å². The van der Waals surface area contributed by atoms with E-state index < -0.39 is 0 Å². The van der Waals surface area contributed by atoms with Crippen molar-refractivity contribution in [1.82, 2.24) is 25.0 Å². The van der Waals surface area contributed by atoms with Crippen LogP contribution in [0.4, 0.5) is 0 Å². The number of rotatable bonds is 3. The summed E-state index contributed by atoms with van der Waals surface area (Å²) in [5.74, 6) is 3.88. The number of fused-ring (bicyclic) bond motifs is 1. The minimum Gasteiger partial charge on any atom is -0.456 e. The Kier molecular flexibility index (Phi) is 5.67. The summed E-state index contributed by atoms with van der Waals surface area (Å²) in [6.45, 7) is 8.21. The van der Waals surface area contributed by atoms with Crippen molar-refractivity contribution in [2.24, 2.45) is 0 Å². The molecule has 142 valence electrons. The average Bonchev–Trinajstić information content (AvgIpc) is 3.24. The standard InChI is InChI=1S/C18H25N5O2.ClH/c1-3-14-12(2)10-15(25-14)18(24)22-7-4-13(5-8-22)17-21-20-16-11-19-6-9-23(16)17;/h10,13,19H,3-9,11H2,1-2H3;1H. The van der Waals surface area contributed by atoms with Crippen molar-refractivity contribution >= 4 is 18.3 Å². The Morgan fingerprint density at radius 3 is 2.77 bits per heavy atom. The van der Waals surface area contributed by atoms with E-state index in [9.17, 15) is 4.79 Å². The molecule has 2 aliphatic rings. The third-order valence-corrected chi connectivity index (χ3v) is 5.35. The van der Waals surface area contributed by atoms with Gasteiger partial charge in [-0.2, -0.15) is 0 Å². The fourth-order valence-electron chi connectivity index (χ4n) is 3.89. The number of hydrogen-bond acceptors (Lipinski definition) is 5. The van der Waals surface area contributed by atoms with Gasteiger partial charge in [0, 0.05) is 38.5 Å². The van der Waals surface area contributed by atoms with Crippen molar-refractivity contribution < 1.29 is 9.21 Å². The molecular formula is C18H26ClN5O2. The molecule has 0 radical (unpaired) electrons. The molecule has 4 heterocycles. The number of nitrogens with zero attached hydrogens (tertiary/aromatic N) is 4. The first-order valence-electron chi connectivity index (χ1n) is 9.18. The Morgan fingerprint density at radius 1 is 1.31 bits per heavy atom. The van der Waals surface area contributed by atoms with Crippen LogP contribution in [0.25, 0.3) is 0 Å². The molecular weight excluding hydrogens is 354 g/mol. The summed E-state index contributed by atoms with van der Waals surface area (Å²) in [6.07, 6.45) is 2.67. The lowest BCUT2D eigenvalue weighted by molar-refractivity contribution is 0.0676. The first-order valence-corrected chi connectivity index (χ1v) is 9.18. The molecule has 2 aromatic heterocycles. The summed E-state index contributed by atoms with van der Waals surface area (Å²) in [7, 11) is 0. The fourth-order valence-corrected chi connectivity index (χ4v) is 3.89. The highest BCUT2D eigenvalue weighted by molar-refractivity contribution is 5.91. The van der Waals surface area contributed by atoms with Crippen LogP contribution in [-0.4, -0.2) is 45.2 Å². The number of carbonyl (C=O) groups excluding carboxylic acids is 1. The minimum atomic E-state index is 0. The van der Waals surface area contributed by atoms with Gasteiger partial charge in [-0.25, -0.2) is 0 Å². The summed E-state index contributed by atoms with van der Waals surface area (Å²) in [4.78, 5) is 14.6. The normalized spacial score (nSPS) is 17.7. The second-order valence-electron chi connectivity index (χ2n) is 6.94. The topological polar surface area (TPSA) is 76.2 Å². The van der Waals surface area contributed by atoms with Gasteiger partial charge >= 0.3 is 0 Å². The van der Waals surface area contributed by atoms with Gasteiger partial charge in [-0.05, 0) is 31.4 Å². The second-order valence-corrected chi connectivity index (χ2v) is 6.94. The molecule has 2 aromatic rings. The van der Waals surface area contributed by atoms with Crippen molar-refractivity contribution in [2.45, 2.75) is 52.1 Å². The monoisotopic (exact) mass is 379 g/mol. The highest BCUT2D eigenvalue weighted by Gasteiger charge is 2.30. The molecule has 7 nitrogen and oxygen atoms in total. The van der Waals surface area contributed by atoms with Crippen LogP contribution in [0.2, 0.25) is 0 Å². The van der Waals surface area contributed by atoms with Crippen LogP contribution in [0, 0.1) is 6.92 Å². The zero-order valence-corrected chi connectivity index (χ0v) is 16.1. The number of nitrogens with one attached hydrogen (secondary N) is 1. The SMILES string of the molecule is CCc1oc(C(=O)N2CCC(c3nnc4n3CCNC4)CC2)cc1C.Cl. The summed E-state index contributed by atoms with van der Waals surface area (Å²) in [6, 6.07) is 1.87. The highest BCUT2D eigenvalue weighted by Crippen LogP contribution is 2.29. The van der Waals surface area contributed by atoms with E-state index in [-0.39, 0.29) is 18.3 Å². The molecule has 1 saturated heterocycles. The van der Waals surface area contributed by atoms with Crippen LogP contribution >= 0.6 is 12.4 Å². The number of aromatic nitrogens is 3. The maximum absolute atomic E-state index is 12.7. The third-order valence-electron chi connectivity index (χ3n) is 5.35. The predicted octanol–water partition coefficient (Wildman–Crippen LogP) is 2.29. The summed E-state index contributed by atoms with van der Waals surface area (Å²) < 4.78 is 7.98. The number of hydrogen-bond donors (Lipinski definition) is 1. The van der Waals surface area contributed by atoms with Crippen LogP contribution in [0.5, 0.6) is 0 Å². The molecule has 2 aliphatic heterocycles. The Hall–Kier alpha value is -1.86. The Morgan fingerprint density at radius 2 is 2.08 bits per heavy atom. The number of halogens is 1. The molecule has 0 spiro atoms. The summed E-state index contributed by atoms with van der Waals surface area (Å²) >= 11 is 0. The van der Waals surface area contributed by atoms with Crippen LogP contribution in [0.15, 0.2) is 10.5 Å². The molecule has 1 amide bonds. The molecule has 0 aromatic carbocycles. The lowest BCUT2D eigenvalue weighted by Gasteiger charge is -2.31. The van der Waals surface area contributed by atoms with Crippen molar-refractivity contribution in [3.63, 3.8) is 0 Å². The molecule has 0 unspecified atom stereocenters. The molecule has 26 heavy (non-hydrogen) atoms. The molecule has 0 saturated carbocycles. The molecule has 1 N–H and O–H groups in total. The van der Waals surface area contributed by atoms with E-state index in [1.807, 2.05) is 24.8 Å². The second kappa shape index (κ2) is 7.80. The van der Waals surface area contributed by atoms with Gasteiger partial charge in [-0.15, -0.1) is 22.6 Å². The lowest BCUT2D eigenvalue weighted by atomic mass is 9.95. The minimum absolute atomic E-state index is 0. The van der Waals surface area contributed by atoms with Gasteiger partial charge in [-0.1, -0.05) is 6.92 Å². The van der Waals surface area contributed by atoms with E-state index in [4.69, 9.17) is 4.42 Å². The van der Waals surface area contributed by atoms with Gasteiger partial charge < -0.3 is 19.2 Å². The van der Waals surface area contributed by atoms with Crippen molar-refractivity contribution in [1.29, 1.82) is 0 Å². The number of carbonyl (C=O) groups is 1. The molecule has 8 heteroatoms. The Bertz CT molecular complexity index is 777. The van der Waals surface area contributed by atoms with Crippen LogP contribution < -0.4 is 5.32 Å². The zero-order chi connectivity index (χ0) is 17.4. The number of likely N-dealkylation sites (tertiary alicyclic amines) is 1. The molecule has 0 aliphatic carbocycles. The number of amides is 1. The highest BCUT2D eigenvalue weighted by atomic mass is 35.5. The van der Waals surface area contributed by atoms with E-state index in [1.165, 1.54) is 0 Å². The van der Waals surface area contributed by atoms with E-state index in [0.717, 1.165) is 75.0 Å². The molecule has 4 rings (SSSR count). The van der Waals surface area contributed by atoms with E-state index in [0.29, 0.717) is 11.7 Å². The smallest absolute Gasteiger partial charge is 0.289 e. The number of furan rings is 1. The van der Waals surface area contributed by atoms with Crippen molar-refractivity contribution in [2.75, 3.05) is 19.6 Å². The number of aryl methyl sites for hydroxylation is 2. The Labute approximate surface area is 159 Å². The summed E-state index contributed by atoms with van der Waals surface area (Å²) in [5.41, 5.74) is 1.06. The molecule has 0 atom stereocenters. The first-order chi connectivity index (χ1) is 12.2. The number of piperidine rings is 1. The van der Waals surface area contributed by atoms with Gasteiger partial charge in [-0.3, -0.25) is 4.79 Å².